The Labute approximate surface area is 119 Å². The standard InChI is InChI=1S/C13H11N7O/c14-13-17-11-10(15-7-19(11)5-6-21)12-16-9(18-20(12)13)4-3-8-1-2-8/h6-8H,1-2,5H2,(H2,14,17). The second-order valence-electron chi connectivity index (χ2n) is 4.92. The normalized spacial score (nSPS) is 14.3. The highest BCUT2D eigenvalue weighted by Gasteiger charge is 2.19. The van der Waals surface area contributed by atoms with Gasteiger partial charge in [0.1, 0.15) is 6.29 Å². The van der Waals surface area contributed by atoms with Crippen molar-refractivity contribution in [3.8, 4) is 11.8 Å². The molecule has 1 aliphatic rings. The van der Waals surface area contributed by atoms with Crippen molar-refractivity contribution in [3.05, 3.63) is 12.2 Å². The molecule has 104 valence electrons. The van der Waals surface area contributed by atoms with Gasteiger partial charge in [-0.1, -0.05) is 5.92 Å². The van der Waals surface area contributed by atoms with Crippen molar-refractivity contribution in [3.63, 3.8) is 0 Å². The summed E-state index contributed by atoms with van der Waals surface area (Å²) in [4.78, 5) is 23.5. The Hall–Kier alpha value is -2.95. The fraction of sp³-hybridized carbons (Fsp3) is 0.308. The van der Waals surface area contributed by atoms with E-state index < -0.39 is 0 Å². The smallest absolute Gasteiger partial charge is 0.226 e. The van der Waals surface area contributed by atoms with E-state index in [0.29, 0.717) is 28.6 Å². The van der Waals surface area contributed by atoms with Crippen LogP contribution in [0.3, 0.4) is 0 Å². The summed E-state index contributed by atoms with van der Waals surface area (Å²) < 4.78 is 3.04. The monoisotopic (exact) mass is 281 g/mol. The van der Waals surface area contributed by atoms with E-state index in [-0.39, 0.29) is 12.5 Å². The summed E-state index contributed by atoms with van der Waals surface area (Å²) in [6.07, 6.45) is 4.60. The van der Waals surface area contributed by atoms with Crippen LogP contribution in [0.5, 0.6) is 0 Å². The first kappa shape index (κ1) is 11.8. The van der Waals surface area contributed by atoms with Crippen molar-refractivity contribution in [2.45, 2.75) is 19.4 Å². The van der Waals surface area contributed by atoms with Crippen molar-refractivity contribution in [1.29, 1.82) is 0 Å². The molecule has 4 rings (SSSR count). The lowest BCUT2D eigenvalue weighted by Crippen LogP contribution is -2.05. The molecule has 21 heavy (non-hydrogen) atoms. The number of aromatic nitrogens is 6. The quantitative estimate of drug-likeness (QED) is 0.524. The molecule has 0 radical (unpaired) electrons. The van der Waals surface area contributed by atoms with E-state index in [0.717, 1.165) is 19.1 Å². The van der Waals surface area contributed by atoms with Crippen molar-refractivity contribution >= 4 is 29.0 Å². The minimum absolute atomic E-state index is 0.168. The highest BCUT2D eigenvalue weighted by molar-refractivity contribution is 5.87. The molecule has 3 aromatic rings. The van der Waals surface area contributed by atoms with Gasteiger partial charge < -0.3 is 15.1 Å². The summed E-state index contributed by atoms with van der Waals surface area (Å²) >= 11 is 0. The molecule has 3 aromatic heterocycles. The summed E-state index contributed by atoms with van der Waals surface area (Å²) in [5, 5.41) is 4.24. The van der Waals surface area contributed by atoms with Crippen LogP contribution in [-0.2, 0) is 11.3 Å². The van der Waals surface area contributed by atoms with E-state index in [1.807, 2.05) is 0 Å². The average molecular weight is 281 g/mol. The van der Waals surface area contributed by atoms with Crippen LogP contribution in [0.1, 0.15) is 18.7 Å². The maximum Gasteiger partial charge on any atom is 0.226 e. The van der Waals surface area contributed by atoms with Crippen molar-refractivity contribution in [2.75, 3.05) is 5.73 Å². The number of rotatable bonds is 2. The Balaban J connectivity index is 1.92. The first-order valence-corrected chi connectivity index (χ1v) is 6.58. The molecular formula is C13H11N7O. The first-order valence-electron chi connectivity index (χ1n) is 6.58. The summed E-state index contributed by atoms with van der Waals surface area (Å²) in [5.41, 5.74) is 7.47. The van der Waals surface area contributed by atoms with Gasteiger partial charge in [-0.3, -0.25) is 0 Å². The third-order valence-corrected chi connectivity index (χ3v) is 3.30. The summed E-state index contributed by atoms with van der Waals surface area (Å²) in [6, 6.07) is 0. The van der Waals surface area contributed by atoms with Crippen molar-refractivity contribution in [1.82, 2.24) is 29.1 Å². The van der Waals surface area contributed by atoms with Crippen LogP contribution in [0.2, 0.25) is 0 Å². The number of carbonyl (C=O) groups excluding carboxylic acids is 1. The highest BCUT2D eigenvalue weighted by Crippen LogP contribution is 2.27. The van der Waals surface area contributed by atoms with Crippen LogP contribution in [0, 0.1) is 17.8 Å². The van der Waals surface area contributed by atoms with Gasteiger partial charge >= 0.3 is 0 Å². The number of imidazole rings is 1. The molecule has 2 N–H and O–H groups in total. The highest BCUT2D eigenvalue weighted by atomic mass is 16.1. The topological polar surface area (TPSA) is 104 Å². The van der Waals surface area contributed by atoms with Crippen LogP contribution in [0.4, 0.5) is 5.95 Å². The predicted molar refractivity (Wildman–Crippen MR) is 74.2 cm³/mol. The zero-order valence-electron chi connectivity index (χ0n) is 11.0. The molecule has 3 heterocycles. The average Bonchev–Trinajstić information content (AvgIpc) is 3.07. The third-order valence-electron chi connectivity index (χ3n) is 3.30. The summed E-state index contributed by atoms with van der Waals surface area (Å²) in [5.74, 6) is 7.13. The van der Waals surface area contributed by atoms with Gasteiger partial charge in [-0.05, 0) is 18.8 Å². The molecule has 0 atom stereocenters. The molecule has 8 heteroatoms. The number of nitrogens with zero attached hydrogens (tertiary/aromatic N) is 6. The van der Waals surface area contributed by atoms with Crippen LogP contribution < -0.4 is 5.73 Å². The Morgan fingerprint density at radius 3 is 3.00 bits per heavy atom. The first-order chi connectivity index (χ1) is 10.3. The van der Waals surface area contributed by atoms with Gasteiger partial charge in [0.05, 0.1) is 12.9 Å². The number of hydrogen-bond acceptors (Lipinski definition) is 6. The number of nitrogens with two attached hydrogens (primary N) is 1. The molecule has 0 unspecified atom stereocenters. The van der Waals surface area contributed by atoms with Gasteiger partial charge in [0.15, 0.2) is 16.8 Å². The number of carbonyl (C=O) groups is 1. The maximum atomic E-state index is 10.7. The predicted octanol–water partition coefficient (Wildman–Crippen LogP) is 0.0166. The molecular weight excluding hydrogens is 270 g/mol. The van der Waals surface area contributed by atoms with Crippen LogP contribution in [0.15, 0.2) is 6.33 Å². The second kappa shape index (κ2) is 4.28. The molecule has 8 nitrogen and oxygen atoms in total. The minimum Gasteiger partial charge on any atom is -0.368 e. The number of anilines is 1. The lowest BCUT2D eigenvalue weighted by molar-refractivity contribution is -0.108. The van der Waals surface area contributed by atoms with Gasteiger partial charge in [-0.2, -0.15) is 14.5 Å². The van der Waals surface area contributed by atoms with Crippen LogP contribution >= 0.6 is 0 Å². The van der Waals surface area contributed by atoms with Gasteiger partial charge in [0, 0.05) is 5.92 Å². The van der Waals surface area contributed by atoms with E-state index in [9.17, 15) is 4.79 Å². The third kappa shape index (κ3) is 1.90. The number of nitrogen functional groups attached to an aromatic ring is 1. The van der Waals surface area contributed by atoms with Gasteiger partial charge in [0.2, 0.25) is 11.8 Å². The fourth-order valence-electron chi connectivity index (χ4n) is 2.09. The van der Waals surface area contributed by atoms with Crippen LogP contribution in [0.25, 0.3) is 16.8 Å². The molecule has 0 saturated heterocycles. The largest absolute Gasteiger partial charge is 0.368 e. The molecule has 0 aromatic carbocycles. The summed E-state index contributed by atoms with van der Waals surface area (Å²) in [6.45, 7) is 0.168. The van der Waals surface area contributed by atoms with Gasteiger partial charge in [-0.15, -0.1) is 5.10 Å². The van der Waals surface area contributed by atoms with E-state index in [4.69, 9.17) is 5.73 Å². The zero-order chi connectivity index (χ0) is 14.4. The summed E-state index contributed by atoms with van der Waals surface area (Å²) in [7, 11) is 0. The SMILES string of the molecule is Nc1nc2c(ncn2CC=O)c2nc(C#CC3CC3)nn12. The minimum atomic E-state index is 0.168. The van der Waals surface area contributed by atoms with E-state index >= 15 is 0 Å². The Bertz CT molecular complexity index is 923. The second-order valence-corrected chi connectivity index (χ2v) is 4.92. The maximum absolute atomic E-state index is 10.7. The van der Waals surface area contributed by atoms with E-state index in [2.05, 4.69) is 31.9 Å². The van der Waals surface area contributed by atoms with Gasteiger partial charge in [-0.25, -0.2) is 4.98 Å². The van der Waals surface area contributed by atoms with E-state index in [1.54, 1.807) is 4.57 Å². The molecule has 1 fully saturated rings. The lowest BCUT2D eigenvalue weighted by Gasteiger charge is -2.00. The number of fused-ring (bicyclic) bond motifs is 3. The number of hydrogen-bond donors (Lipinski definition) is 1. The Kier molecular flexibility index (Phi) is 2.41. The molecule has 0 amide bonds. The van der Waals surface area contributed by atoms with Gasteiger partial charge in [0.25, 0.3) is 0 Å². The van der Waals surface area contributed by atoms with Crippen molar-refractivity contribution in [2.24, 2.45) is 5.92 Å². The van der Waals surface area contributed by atoms with Crippen LogP contribution in [-0.4, -0.2) is 35.4 Å². The zero-order valence-corrected chi connectivity index (χ0v) is 11.0. The molecule has 0 spiro atoms. The number of aldehydes is 1. The Morgan fingerprint density at radius 1 is 1.38 bits per heavy atom. The molecule has 0 aliphatic heterocycles. The Morgan fingerprint density at radius 2 is 2.24 bits per heavy atom. The van der Waals surface area contributed by atoms with E-state index in [1.165, 1.54) is 10.8 Å². The molecule has 1 saturated carbocycles. The molecule has 0 bridgehead atoms. The lowest BCUT2D eigenvalue weighted by atomic mass is 10.4. The molecule has 1 aliphatic carbocycles. The fourth-order valence-corrected chi connectivity index (χ4v) is 2.09. The van der Waals surface area contributed by atoms with Crippen molar-refractivity contribution < 1.29 is 4.79 Å².